The van der Waals surface area contributed by atoms with E-state index < -0.39 is 0 Å². The van der Waals surface area contributed by atoms with Crippen molar-refractivity contribution in [3.8, 4) is 11.4 Å². The van der Waals surface area contributed by atoms with E-state index in [9.17, 15) is 4.79 Å². The van der Waals surface area contributed by atoms with E-state index in [1.807, 2.05) is 19.1 Å². The molecular formula is C15H15N5O2. The first-order chi connectivity index (χ1) is 10.6. The van der Waals surface area contributed by atoms with Gasteiger partial charge >= 0.3 is 5.69 Å². The van der Waals surface area contributed by atoms with Crippen LogP contribution >= 0.6 is 0 Å². The summed E-state index contributed by atoms with van der Waals surface area (Å²) in [5.74, 6) is 0.730. The van der Waals surface area contributed by atoms with Crippen LogP contribution in [0.25, 0.3) is 33.5 Å². The van der Waals surface area contributed by atoms with Crippen molar-refractivity contribution in [2.45, 2.75) is 13.3 Å². The summed E-state index contributed by atoms with van der Waals surface area (Å²) in [4.78, 5) is 19.9. The fourth-order valence-electron chi connectivity index (χ4n) is 2.84. The topological polar surface area (TPSA) is 81.6 Å². The van der Waals surface area contributed by atoms with E-state index >= 15 is 0 Å². The molecule has 7 nitrogen and oxygen atoms in total. The first-order valence-corrected chi connectivity index (χ1v) is 7.09. The lowest BCUT2D eigenvalue weighted by atomic mass is 10.2. The number of aryl methyl sites for hydroxylation is 3. The van der Waals surface area contributed by atoms with E-state index in [4.69, 9.17) is 4.52 Å². The lowest BCUT2D eigenvalue weighted by molar-refractivity contribution is 0.412. The third-order valence-electron chi connectivity index (χ3n) is 4.11. The van der Waals surface area contributed by atoms with Crippen LogP contribution in [0.1, 0.15) is 12.6 Å². The second-order valence-electron chi connectivity index (χ2n) is 5.37. The van der Waals surface area contributed by atoms with E-state index in [1.165, 1.54) is 0 Å². The molecule has 0 aliphatic carbocycles. The Morgan fingerprint density at radius 2 is 1.95 bits per heavy atom. The van der Waals surface area contributed by atoms with Gasteiger partial charge in [0.25, 0.3) is 0 Å². The van der Waals surface area contributed by atoms with Crippen molar-refractivity contribution in [1.82, 2.24) is 24.3 Å². The molecule has 4 aromatic rings. The highest BCUT2D eigenvalue weighted by Gasteiger charge is 2.15. The van der Waals surface area contributed by atoms with Crippen LogP contribution in [0.5, 0.6) is 0 Å². The van der Waals surface area contributed by atoms with Crippen LogP contribution in [0.4, 0.5) is 0 Å². The maximum Gasteiger partial charge on any atom is 0.328 e. The Bertz CT molecular complexity index is 1000. The Hall–Kier alpha value is -2.83. The smallest absolute Gasteiger partial charge is 0.328 e. The van der Waals surface area contributed by atoms with Gasteiger partial charge in [-0.3, -0.25) is 9.13 Å². The molecule has 0 radical (unpaired) electrons. The van der Waals surface area contributed by atoms with Gasteiger partial charge in [0, 0.05) is 14.1 Å². The molecule has 1 N–H and O–H groups in total. The van der Waals surface area contributed by atoms with Crippen molar-refractivity contribution in [3.63, 3.8) is 0 Å². The summed E-state index contributed by atoms with van der Waals surface area (Å²) in [5, 5.41) is 3.98. The quantitative estimate of drug-likeness (QED) is 0.613. The summed E-state index contributed by atoms with van der Waals surface area (Å²) < 4.78 is 8.30. The summed E-state index contributed by atoms with van der Waals surface area (Å²) >= 11 is 0. The maximum atomic E-state index is 12.0. The van der Waals surface area contributed by atoms with Crippen molar-refractivity contribution in [2.24, 2.45) is 14.1 Å². The Morgan fingerprint density at radius 3 is 2.68 bits per heavy atom. The molecule has 0 aliphatic rings. The molecule has 0 bridgehead atoms. The number of rotatable bonds is 2. The summed E-state index contributed by atoms with van der Waals surface area (Å²) in [6.07, 6.45) is 2.38. The van der Waals surface area contributed by atoms with Crippen molar-refractivity contribution in [3.05, 3.63) is 34.6 Å². The summed E-state index contributed by atoms with van der Waals surface area (Å²) in [5.41, 5.74) is 5.12. The van der Waals surface area contributed by atoms with Crippen molar-refractivity contribution >= 4 is 22.1 Å². The van der Waals surface area contributed by atoms with Crippen LogP contribution < -0.4 is 5.69 Å². The van der Waals surface area contributed by atoms with E-state index in [-0.39, 0.29) is 5.69 Å². The Kier molecular flexibility index (Phi) is 2.53. The Morgan fingerprint density at radius 1 is 1.23 bits per heavy atom. The van der Waals surface area contributed by atoms with Crippen LogP contribution in [0.3, 0.4) is 0 Å². The zero-order chi connectivity index (χ0) is 15.4. The number of nitrogens with one attached hydrogen (secondary N) is 1. The zero-order valence-electron chi connectivity index (χ0n) is 12.5. The number of imidazole rings is 2. The number of H-pyrrole nitrogens is 1. The lowest BCUT2D eigenvalue weighted by Crippen LogP contribution is -2.19. The number of aromatic nitrogens is 5. The fraction of sp³-hybridized carbons (Fsp3) is 0.267. The number of aromatic amines is 1. The molecule has 3 aromatic heterocycles. The molecule has 3 heterocycles. The van der Waals surface area contributed by atoms with Gasteiger partial charge in [-0.25, -0.2) is 9.78 Å². The highest BCUT2D eigenvalue weighted by atomic mass is 16.5. The van der Waals surface area contributed by atoms with Gasteiger partial charge < -0.3 is 9.51 Å². The summed E-state index contributed by atoms with van der Waals surface area (Å²) in [6, 6.07) is 3.87. The molecule has 112 valence electrons. The van der Waals surface area contributed by atoms with E-state index in [0.29, 0.717) is 0 Å². The second-order valence-corrected chi connectivity index (χ2v) is 5.37. The van der Waals surface area contributed by atoms with Crippen LogP contribution in [-0.2, 0) is 20.5 Å². The van der Waals surface area contributed by atoms with Gasteiger partial charge in [-0.05, 0) is 18.6 Å². The van der Waals surface area contributed by atoms with Crippen molar-refractivity contribution in [2.75, 3.05) is 0 Å². The normalized spacial score (nSPS) is 11.8. The predicted molar refractivity (Wildman–Crippen MR) is 82.7 cm³/mol. The second kappa shape index (κ2) is 4.33. The Balaban J connectivity index is 2.01. The van der Waals surface area contributed by atoms with Crippen LogP contribution in [0.15, 0.2) is 27.7 Å². The number of nitrogens with zero attached hydrogens (tertiary/aromatic N) is 4. The molecule has 0 spiro atoms. The van der Waals surface area contributed by atoms with Gasteiger partial charge in [-0.2, -0.15) is 0 Å². The third kappa shape index (κ3) is 1.59. The number of fused-ring (bicyclic) bond motifs is 2. The third-order valence-corrected chi connectivity index (χ3v) is 4.11. The molecule has 0 amide bonds. The van der Waals surface area contributed by atoms with Crippen LogP contribution in [-0.4, -0.2) is 24.3 Å². The maximum absolute atomic E-state index is 12.0. The molecule has 0 aliphatic heterocycles. The van der Waals surface area contributed by atoms with E-state index in [2.05, 4.69) is 15.1 Å². The van der Waals surface area contributed by atoms with E-state index in [1.54, 1.807) is 29.5 Å². The number of hydrogen-bond acceptors (Lipinski definition) is 4. The van der Waals surface area contributed by atoms with Crippen LogP contribution in [0, 0.1) is 0 Å². The minimum atomic E-state index is -0.0461. The molecular weight excluding hydrogens is 282 g/mol. The highest BCUT2D eigenvalue weighted by molar-refractivity contribution is 5.93. The summed E-state index contributed by atoms with van der Waals surface area (Å²) in [7, 11) is 3.53. The first kappa shape index (κ1) is 12.9. The van der Waals surface area contributed by atoms with E-state index in [0.717, 1.165) is 45.6 Å². The van der Waals surface area contributed by atoms with Gasteiger partial charge in [-0.1, -0.05) is 12.1 Å². The molecule has 4 rings (SSSR count). The van der Waals surface area contributed by atoms with Crippen molar-refractivity contribution in [1.29, 1.82) is 0 Å². The van der Waals surface area contributed by atoms with Crippen LogP contribution in [0.2, 0.25) is 0 Å². The molecule has 0 atom stereocenters. The SMILES string of the molecule is CCc1nocc1-c1nc2cc3c(cc2[nH]1)n(C)c(=O)n3C. The Labute approximate surface area is 125 Å². The van der Waals surface area contributed by atoms with Gasteiger partial charge in [0.15, 0.2) is 0 Å². The zero-order valence-corrected chi connectivity index (χ0v) is 12.5. The molecule has 0 unspecified atom stereocenters. The standard InChI is InChI=1S/C15H15N5O2/c1-4-9-8(7-22-18-9)14-16-10-5-12-13(6-11(10)17-14)20(3)15(21)19(12)2/h5-7H,4H2,1-3H3,(H,16,17). The molecule has 7 heteroatoms. The van der Waals surface area contributed by atoms with Gasteiger partial charge in [0.05, 0.1) is 33.3 Å². The van der Waals surface area contributed by atoms with Gasteiger partial charge in [0.1, 0.15) is 12.1 Å². The van der Waals surface area contributed by atoms with Gasteiger partial charge in [0.2, 0.25) is 0 Å². The van der Waals surface area contributed by atoms with Crippen molar-refractivity contribution < 1.29 is 4.52 Å². The largest absolute Gasteiger partial charge is 0.364 e. The number of hydrogen-bond donors (Lipinski definition) is 1. The molecule has 0 fully saturated rings. The minimum absolute atomic E-state index is 0.0461. The average Bonchev–Trinajstić information content (AvgIpc) is 3.20. The lowest BCUT2D eigenvalue weighted by Gasteiger charge is -1.94. The number of benzene rings is 1. The molecule has 22 heavy (non-hydrogen) atoms. The molecule has 0 saturated carbocycles. The monoisotopic (exact) mass is 297 g/mol. The first-order valence-electron chi connectivity index (χ1n) is 7.09. The molecule has 1 aromatic carbocycles. The molecule has 0 saturated heterocycles. The highest BCUT2D eigenvalue weighted by Crippen LogP contribution is 2.26. The summed E-state index contributed by atoms with van der Waals surface area (Å²) in [6.45, 7) is 2.02. The average molecular weight is 297 g/mol. The van der Waals surface area contributed by atoms with Gasteiger partial charge in [-0.15, -0.1) is 0 Å². The fourth-order valence-corrected chi connectivity index (χ4v) is 2.84. The minimum Gasteiger partial charge on any atom is -0.364 e. The predicted octanol–water partition coefficient (Wildman–Crippen LogP) is 1.97.